The van der Waals surface area contributed by atoms with Crippen molar-refractivity contribution in [3.8, 4) is 28.7 Å². The third-order valence-electron chi connectivity index (χ3n) is 6.33. The zero-order valence-corrected chi connectivity index (χ0v) is 21.0. The monoisotopic (exact) mass is 517 g/mol. The summed E-state index contributed by atoms with van der Waals surface area (Å²) in [5.74, 6) is 0.706. The quantitative estimate of drug-likeness (QED) is 0.212. The van der Waals surface area contributed by atoms with Gasteiger partial charge in [0.1, 0.15) is 34.6 Å². The Kier molecular flexibility index (Phi) is 8.12. The molecule has 0 radical (unpaired) electrons. The molecular formula is C28H31N5O5. The number of benzene rings is 3. The lowest BCUT2D eigenvalue weighted by atomic mass is 9.91. The molecule has 0 aromatic heterocycles. The Labute approximate surface area is 220 Å². The van der Waals surface area contributed by atoms with Gasteiger partial charge in [0.2, 0.25) is 0 Å². The van der Waals surface area contributed by atoms with Crippen LogP contribution in [0.25, 0.3) is 0 Å². The number of primary amides is 1. The summed E-state index contributed by atoms with van der Waals surface area (Å²) in [6.45, 7) is 0. The van der Waals surface area contributed by atoms with Gasteiger partial charge in [-0.05, 0) is 80.3 Å². The molecule has 1 aliphatic rings. The second kappa shape index (κ2) is 11.7. The van der Waals surface area contributed by atoms with Crippen LogP contribution in [0.1, 0.15) is 52.0 Å². The van der Waals surface area contributed by atoms with Crippen molar-refractivity contribution >= 4 is 17.6 Å². The van der Waals surface area contributed by atoms with Gasteiger partial charge in [0.05, 0.1) is 12.7 Å². The highest BCUT2D eigenvalue weighted by Crippen LogP contribution is 2.33. The van der Waals surface area contributed by atoms with Gasteiger partial charge in [0.25, 0.3) is 11.8 Å². The van der Waals surface area contributed by atoms with Gasteiger partial charge in [0.15, 0.2) is 0 Å². The van der Waals surface area contributed by atoms with E-state index in [4.69, 9.17) is 36.8 Å². The Morgan fingerprint density at radius 2 is 1.45 bits per heavy atom. The number of ether oxygens (including phenoxy) is 3. The van der Waals surface area contributed by atoms with E-state index >= 15 is 0 Å². The van der Waals surface area contributed by atoms with Gasteiger partial charge in [-0.25, -0.2) is 0 Å². The number of nitrogens with two attached hydrogens (primary N) is 3. The predicted octanol–water partition coefficient (Wildman–Crippen LogP) is 3.66. The first-order chi connectivity index (χ1) is 18.2. The number of amides is 2. The largest absolute Gasteiger partial charge is 0.497 e. The summed E-state index contributed by atoms with van der Waals surface area (Å²) in [7, 11) is 1.48. The van der Waals surface area contributed by atoms with Gasteiger partial charge in [-0.2, -0.15) is 0 Å². The Balaban J connectivity index is 1.64. The number of hydrogen-bond acceptors (Lipinski definition) is 7. The van der Waals surface area contributed by atoms with Gasteiger partial charge in [0, 0.05) is 29.3 Å². The standard InChI is InChI=1S/C28H31N5O5/c1-36-21-10-11-25(24(15-21)27(32)34)38-23-13-17(28(35)33-19-6-4-18(29)5-7-19)12-22(14-23)37-20-8-2-16(3-9-20)26(30)31/h2-3,8-15,18-19H,4-7,29H2,1H3,(H3,30,31)(H2,32,34)(H,33,35). The minimum atomic E-state index is -0.690. The van der Waals surface area contributed by atoms with Crippen molar-refractivity contribution in [1.82, 2.24) is 5.32 Å². The highest BCUT2D eigenvalue weighted by atomic mass is 16.5. The lowest BCUT2D eigenvalue weighted by molar-refractivity contribution is 0.0924. The van der Waals surface area contributed by atoms with Crippen molar-refractivity contribution in [2.24, 2.45) is 17.2 Å². The molecule has 0 saturated heterocycles. The van der Waals surface area contributed by atoms with Crippen LogP contribution >= 0.6 is 0 Å². The van der Waals surface area contributed by atoms with Crippen LogP contribution in [-0.4, -0.2) is 36.8 Å². The molecule has 0 atom stereocenters. The summed E-state index contributed by atoms with van der Waals surface area (Å²) in [4.78, 5) is 25.2. The molecule has 3 aromatic rings. The van der Waals surface area contributed by atoms with Crippen molar-refractivity contribution in [2.45, 2.75) is 37.8 Å². The second-order valence-electron chi connectivity index (χ2n) is 9.15. The molecule has 198 valence electrons. The van der Waals surface area contributed by atoms with Crippen molar-refractivity contribution < 1.29 is 23.8 Å². The number of methoxy groups -OCH3 is 1. The fourth-order valence-electron chi connectivity index (χ4n) is 4.24. The van der Waals surface area contributed by atoms with E-state index in [9.17, 15) is 9.59 Å². The highest BCUT2D eigenvalue weighted by molar-refractivity contribution is 5.97. The number of carbonyl (C=O) groups is 2. The molecule has 0 unspecified atom stereocenters. The van der Waals surface area contributed by atoms with Crippen LogP contribution in [0.2, 0.25) is 0 Å². The SMILES string of the molecule is COc1ccc(Oc2cc(Oc3ccc(C(=N)N)cc3)cc(C(=O)NC3CCC(N)CC3)c2)c(C(N)=O)c1. The predicted molar refractivity (Wildman–Crippen MR) is 143 cm³/mol. The molecule has 3 aromatic carbocycles. The van der Waals surface area contributed by atoms with Gasteiger partial charge >= 0.3 is 0 Å². The van der Waals surface area contributed by atoms with E-state index in [1.54, 1.807) is 54.6 Å². The number of amidine groups is 1. The molecule has 38 heavy (non-hydrogen) atoms. The lowest BCUT2D eigenvalue weighted by Crippen LogP contribution is -2.40. The maximum Gasteiger partial charge on any atom is 0.252 e. The minimum absolute atomic E-state index is 0.0263. The first-order valence-electron chi connectivity index (χ1n) is 12.2. The minimum Gasteiger partial charge on any atom is -0.497 e. The van der Waals surface area contributed by atoms with Crippen LogP contribution in [0, 0.1) is 5.41 Å². The fraction of sp³-hybridized carbons (Fsp3) is 0.250. The van der Waals surface area contributed by atoms with E-state index in [1.807, 2.05) is 0 Å². The van der Waals surface area contributed by atoms with Crippen LogP contribution in [0.5, 0.6) is 28.7 Å². The molecule has 0 heterocycles. The van der Waals surface area contributed by atoms with Crippen LogP contribution in [0.3, 0.4) is 0 Å². The zero-order valence-electron chi connectivity index (χ0n) is 21.0. The molecule has 4 rings (SSSR count). The van der Waals surface area contributed by atoms with Crippen LogP contribution < -0.4 is 36.7 Å². The third kappa shape index (κ3) is 6.60. The van der Waals surface area contributed by atoms with Gasteiger partial charge in [-0.15, -0.1) is 0 Å². The molecule has 1 fully saturated rings. The molecule has 1 aliphatic carbocycles. The Bertz CT molecular complexity index is 1330. The van der Waals surface area contributed by atoms with Crippen LogP contribution in [-0.2, 0) is 0 Å². The van der Waals surface area contributed by atoms with E-state index in [1.165, 1.54) is 13.2 Å². The first-order valence-corrected chi connectivity index (χ1v) is 12.2. The van der Waals surface area contributed by atoms with Crippen molar-refractivity contribution in [2.75, 3.05) is 7.11 Å². The lowest BCUT2D eigenvalue weighted by Gasteiger charge is -2.27. The molecule has 10 heteroatoms. The number of carbonyl (C=O) groups excluding carboxylic acids is 2. The van der Waals surface area contributed by atoms with Crippen LogP contribution in [0.15, 0.2) is 60.7 Å². The smallest absolute Gasteiger partial charge is 0.252 e. The maximum absolute atomic E-state index is 13.2. The summed E-state index contributed by atoms with van der Waals surface area (Å²) in [6.07, 6.45) is 3.32. The molecule has 10 nitrogen and oxygen atoms in total. The zero-order chi connectivity index (χ0) is 27.2. The number of nitrogen functional groups attached to an aromatic ring is 1. The summed E-state index contributed by atoms with van der Waals surface area (Å²) < 4.78 is 17.2. The fourth-order valence-corrected chi connectivity index (χ4v) is 4.24. The van der Waals surface area contributed by atoms with Crippen LogP contribution in [0.4, 0.5) is 0 Å². The Morgan fingerprint density at radius 3 is 2.05 bits per heavy atom. The normalized spacial score (nSPS) is 16.8. The average Bonchev–Trinajstić information content (AvgIpc) is 2.90. The summed E-state index contributed by atoms with van der Waals surface area (Å²) >= 11 is 0. The first kappa shape index (κ1) is 26.5. The summed E-state index contributed by atoms with van der Waals surface area (Å²) in [5, 5.41) is 10.6. The van der Waals surface area contributed by atoms with E-state index in [-0.39, 0.29) is 40.9 Å². The van der Waals surface area contributed by atoms with Crippen molar-refractivity contribution in [1.29, 1.82) is 5.41 Å². The summed E-state index contributed by atoms with van der Waals surface area (Å²) in [5.41, 5.74) is 18.1. The van der Waals surface area contributed by atoms with Gasteiger partial charge < -0.3 is 36.7 Å². The number of nitrogens with one attached hydrogen (secondary N) is 2. The topological polar surface area (TPSA) is 176 Å². The molecular weight excluding hydrogens is 486 g/mol. The number of rotatable bonds is 9. The molecule has 0 aliphatic heterocycles. The second-order valence-corrected chi connectivity index (χ2v) is 9.15. The Morgan fingerprint density at radius 1 is 0.816 bits per heavy atom. The number of hydrogen-bond donors (Lipinski definition) is 5. The van der Waals surface area contributed by atoms with E-state index < -0.39 is 5.91 Å². The highest BCUT2D eigenvalue weighted by Gasteiger charge is 2.22. The molecule has 8 N–H and O–H groups in total. The van der Waals surface area contributed by atoms with Crippen molar-refractivity contribution in [3.05, 3.63) is 77.4 Å². The van der Waals surface area contributed by atoms with E-state index in [0.717, 1.165) is 25.7 Å². The molecule has 2 amide bonds. The molecule has 1 saturated carbocycles. The van der Waals surface area contributed by atoms with E-state index in [2.05, 4.69) is 5.32 Å². The molecule has 0 bridgehead atoms. The summed E-state index contributed by atoms with van der Waals surface area (Å²) in [6, 6.07) is 16.3. The average molecular weight is 518 g/mol. The van der Waals surface area contributed by atoms with Gasteiger partial charge in [-0.3, -0.25) is 15.0 Å². The molecule has 0 spiro atoms. The maximum atomic E-state index is 13.2. The Hall–Kier alpha value is -4.57. The van der Waals surface area contributed by atoms with E-state index in [0.29, 0.717) is 28.4 Å². The van der Waals surface area contributed by atoms with Crippen molar-refractivity contribution in [3.63, 3.8) is 0 Å². The third-order valence-corrected chi connectivity index (χ3v) is 6.33. The van der Waals surface area contributed by atoms with Gasteiger partial charge in [-0.1, -0.05) is 0 Å².